The van der Waals surface area contributed by atoms with Crippen molar-refractivity contribution in [2.24, 2.45) is 5.41 Å². The van der Waals surface area contributed by atoms with Gasteiger partial charge in [-0.1, -0.05) is 26.8 Å². The number of hydrogen-bond acceptors (Lipinski definition) is 5. The van der Waals surface area contributed by atoms with Gasteiger partial charge in [0.15, 0.2) is 5.82 Å². The Kier molecular flexibility index (Phi) is 5.69. The molecular weight excluding hydrogens is 459 g/mol. The normalized spacial score (nSPS) is 16.4. The van der Waals surface area contributed by atoms with Gasteiger partial charge in [-0.15, -0.1) is 10.2 Å². The zero-order chi connectivity index (χ0) is 25.8. The molecule has 1 aromatic carbocycles. The van der Waals surface area contributed by atoms with Gasteiger partial charge in [-0.3, -0.25) is 9.59 Å². The zero-order valence-corrected chi connectivity index (χ0v) is 21.4. The maximum Gasteiger partial charge on any atom is 0.259 e. The number of halogens is 1. The van der Waals surface area contributed by atoms with E-state index in [1.165, 1.54) is 6.07 Å². The first-order valence-electron chi connectivity index (χ1n) is 12.3. The summed E-state index contributed by atoms with van der Waals surface area (Å²) in [6.45, 7) is 10.8. The molecule has 2 amide bonds. The number of carbonyl (C=O) groups is 2. The summed E-state index contributed by atoms with van der Waals surface area (Å²) in [5, 5.41) is 11.4. The Morgan fingerprint density at radius 3 is 2.61 bits per heavy atom. The summed E-state index contributed by atoms with van der Waals surface area (Å²) in [5.74, 6) is 0.717. The smallest absolute Gasteiger partial charge is 0.259 e. The molecule has 8 nitrogen and oxygen atoms in total. The quantitative estimate of drug-likeness (QED) is 0.590. The lowest BCUT2D eigenvalue weighted by molar-refractivity contribution is -0.140. The van der Waals surface area contributed by atoms with Crippen molar-refractivity contribution in [2.45, 2.75) is 66.0 Å². The van der Waals surface area contributed by atoms with E-state index in [1.54, 1.807) is 23.1 Å². The number of anilines is 1. The van der Waals surface area contributed by atoms with Crippen molar-refractivity contribution >= 4 is 17.6 Å². The molecule has 188 valence electrons. The summed E-state index contributed by atoms with van der Waals surface area (Å²) in [7, 11) is 0. The molecule has 3 aromatic rings. The molecule has 0 radical (unpaired) electrons. The molecule has 0 atom stereocenters. The zero-order valence-electron chi connectivity index (χ0n) is 21.4. The number of nitrogens with zero attached hydrogens (tertiary/aromatic N) is 5. The number of amides is 2. The molecule has 4 heterocycles. The third-order valence-corrected chi connectivity index (χ3v) is 6.99. The number of fused-ring (bicyclic) bond motifs is 2. The second-order valence-corrected chi connectivity index (χ2v) is 11.3. The Hall–Kier alpha value is -3.62. The van der Waals surface area contributed by atoms with Gasteiger partial charge >= 0.3 is 0 Å². The second kappa shape index (κ2) is 8.50. The van der Waals surface area contributed by atoms with Gasteiger partial charge < -0.3 is 14.8 Å². The molecule has 5 rings (SSSR count). The number of pyridine rings is 1. The highest BCUT2D eigenvalue weighted by atomic mass is 19.1. The van der Waals surface area contributed by atoms with Gasteiger partial charge in [-0.05, 0) is 62.1 Å². The number of nitrogens with one attached hydrogen (secondary N) is 1. The summed E-state index contributed by atoms with van der Waals surface area (Å²) in [4.78, 5) is 32.2. The van der Waals surface area contributed by atoms with Crippen LogP contribution in [0.2, 0.25) is 0 Å². The monoisotopic (exact) mass is 490 g/mol. The van der Waals surface area contributed by atoms with E-state index < -0.39 is 17.1 Å². The number of rotatable bonds is 3. The van der Waals surface area contributed by atoms with Gasteiger partial charge in [0.05, 0.1) is 5.56 Å². The molecule has 0 unspecified atom stereocenters. The van der Waals surface area contributed by atoms with Crippen LogP contribution >= 0.6 is 0 Å². The highest BCUT2D eigenvalue weighted by Crippen LogP contribution is 2.35. The van der Waals surface area contributed by atoms with Crippen molar-refractivity contribution in [3.8, 4) is 11.5 Å². The van der Waals surface area contributed by atoms with Crippen LogP contribution in [0.1, 0.15) is 68.3 Å². The minimum absolute atomic E-state index is 0.0348. The van der Waals surface area contributed by atoms with Crippen molar-refractivity contribution in [3.05, 3.63) is 58.7 Å². The number of carbonyl (C=O) groups excluding carboxylic acids is 2. The topological polar surface area (TPSA) is 93.0 Å². The van der Waals surface area contributed by atoms with Crippen LogP contribution in [-0.4, -0.2) is 43.0 Å². The first kappa shape index (κ1) is 24.1. The first-order valence-corrected chi connectivity index (χ1v) is 12.3. The lowest BCUT2D eigenvalue weighted by atomic mass is 9.91. The summed E-state index contributed by atoms with van der Waals surface area (Å²) < 4.78 is 17.0. The van der Waals surface area contributed by atoms with E-state index in [2.05, 4.69) is 38.9 Å². The molecule has 36 heavy (non-hydrogen) atoms. The SMILES string of the molecule is CC(C)(C)C(=O)N1CCc2cc(F)c(C(=O)Nc3cccc(-c4nnc5n4C(C)(C)CC5)n3)cc2C1. The number of hydrogen-bond donors (Lipinski definition) is 1. The average Bonchev–Trinajstić information content (AvgIpc) is 3.38. The molecule has 9 heteroatoms. The van der Waals surface area contributed by atoms with Crippen molar-refractivity contribution in [3.63, 3.8) is 0 Å². The van der Waals surface area contributed by atoms with Gasteiger partial charge in [-0.2, -0.15) is 0 Å². The highest BCUT2D eigenvalue weighted by molar-refractivity contribution is 6.04. The third kappa shape index (κ3) is 4.27. The van der Waals surface area contributed by atoms with Gasteiger partial charge in [-0.25, -0.2) is 9.37 Å². The molecule has 0 fully saturated rings. The van der Waals surface area contributed by atoms with Crippen LogP contribution < -0.4 is 5.32 Å². The largest absolute Gasteiger partial charge is 0.338 e. The number of aryl methyl sites for hydroxylation is 1. The third-order valence-electron chi connectivity index (χ3n) is 6.99. The summed E-state index contributed by atoms with van der Waals surface area (Å²) in [6, 6.07) is 8.23. The molecule has 0 aliphatic carbocycles. The Morgan fingerprint density at radius 2 is 1.86 bits per heavy atom. The first-order chi connectivity index (χ1) is 16.9. The van der Waals surface area contributed by atoms with E-state index in [-0.39, 0.29) is 17.0 Å². The van der Waals surface area contributed by atoms with Gasteiger partial charge in [0.25, 0.3) is 5.91 Å². The lowest BCUT2D eigenvalue weighted by Crippen LogP contribution is -2.42. The summed E-state index contributed by atoms with van der Waals surface area (Å²) >= 11 is 0. The van der Waals surface area contributed by atoms with E-state index in [0.717, 1.165) is 29.8 Å². The van der Waals surface area contributed by atoms with E-state index in [1.807, 2.05) is 26.8 Å². The van der Waals surface area contributed by atoms with Crippen LogP contribution in [0.3, 0.4) is 0 Å². The van der Waals surface area contributed by atoms with Crippen molar-refractivity contribution < 1.29 is 14.0 Å². The van der Waals surface area contributed by atoms with Crippen LogP contribution in [0.4, 0.5) is 10.2 Å². The van der Waals surface area contributed by atoms with E-state index in [4.69, 9.17) is 0 Å². The molecular formula is C27H31FN6O2. The van der Waals surface area contributed by atoms with Gasteiger partial charge in [0.2, 0.25) is 5.91 Å². The standard InChI is InChI=1S/C27H31FN6O2/c1-26(2,3)25(36)33-12-10-16-14-19(28)18(13-17(16)15-33)24(35)30-21-8-6-7-20(29-21)23-32-31-22-9-11-27(4,5)34(22)23/h6-8,13-14H,9-12,15H2,1-5H3,(H,29,30,35). The van der Waals surface area contributed by atoms with Crippen LogP contribution in [0.25, 0.3) is 11.5 Å². The molecule has 2 aromatic heterocycles. The molecule has 1 N–H and O–H groups in total. The molecule has 0 saturated carbocycles. The van der Waals surface area contributed by atoms with Crippen LogP contribution in [-0.2, 0) is 29.7 Å². The van der Waals surface area contributed by atoms with Gasteiger partial charge in [0, 0.05) is 30.5 Å². The van der Waals surface area contributed by atoms with Crippen molar-refractivity contribution in [1.29, 1.82) is 0 Å². The van der Waals surface area contributed by atoms with Crippen LogP contribution in [0, 0.1) is 11.2 Å². The van der Waals surface area contributed by atoms with Crippen molar-refractivity contribution in [2.75, 3.05) is 11.9 Å². The maximum absolute atomic E-state index is 14.9. The fourth-order valence-electron chi connectivity index (χ4n) is 5.02. The van der Waals surface area contributed by atoms with Crippen molar-refractivity contribution in [1.82, 2.24) is 24.6 Å². The van der Waals surface area contributed by atoms with Crippen LogP contribution in [0.15, 0.2) is 30.3 Å². The fraction of sp³-hybridized carbons (Fsp3) is 0.444. The summed E-state index contributed by atoms with van der Waals surface area (Å²) in [6.07, 6.45) is 2.38. The Bertz CT molecular complexity index is 1370. The molecule has 2 aliphatic rings. The molecule has 0 bridgehead atoms. The van der Waals surface area contributed by atoms with E-state index in [9.17, 15) is 14.0 Å². The predicted molar refractivity (Wildman–Crippen MR) is 134 cm³/mol. The highest BCUT2D eigenvalue weighted by Gasteiger charge is 2.34. The number of benzene rings is 1. The minimum Gasteiger partial charge on any atom is -0.338 e. The lowest BCUT2D eigenvalue weighted by Gasteiger charge is -2.33. The van der Waals surface area contributed by atoms with E-state index in [0.29, 0.717) is 36.8 Å². The minimum atomic E-state index is -0.592. The predicted octanol–water partition coefficient (Wildman–Crippen LogP) is 4.34. The van der Waals surface area contributed by atoms with E-state index >= 15 is 0 Å². The number of aromatic nitrogens is 4. The molecule has 0 saturated heterocycles. The second-order valence-electron chi connectivity index (χ2n) is 11.3. The Balaban J connectivity index is 1.39. The Labute approximate surface area is 209 Å². The average molecular weight is 491 g/mol. The van der Waals surface area contributed by atoms with Crippen LogP contribution in [0.5, 0.6) is 0 Å². The summed E-state index contributed by atoms with van der Waals surface area (Å²) in [5.41, 5.74) is 1.50. The fourth-order valence-corrected chi connectivity index (χ4v) is 5.02. The molecule has 0 spiro atoms. The Morgan fingerprint density at radius 1 is 1.08 bits per heavy atom. The molecule has 2 aliphatic heterocycles. The van der Waals surface area contributed by atoms with Gasteiger partial charge in [0.1, 0.15) is 23.2 Å². The maximum atomic E-state index is 14.9.